The first-order chi connectivity index (χ1) is 14.5. The molecule has 0 aliphatic heterocycles. The highest BCUT2D eigenvalue weighted by Crippen LogP contribution is 2.27. The Balaban J connectivity index is 1.67. The van der Waals surface area contributed by atoms with Crippen molar-refractivity contribution in [3.8, 4) is 0 Å². The van der Waals surface area contributed by atoms with Crippen molar-refractivity contribution < 1.29 is 4.79 Å². The summed E-state index contributed by atoms with van der Waals surface area (Å²) in [6.07, 6.45) is 1.41. The highest BCUT2D eigenvalue weighted by molar-refractivity contribution is 6.31. The Hall–Kier alpha value is -3.44. The van der Waals surface area contributed by atoms with Gasteiger partial charge in [-0.15, -0.1) is 0 Å². The van der Waals surface area contributed by atoms with E-state index in [0.29, 0.717) is 15.9 Å². The zero-order valence-electron chi connectivity index (χ0n) is 16.4. The Morgan fingerprint density at radius 1 is 1.00 bits per heavy atom. The van der Waals surface area contributed by atoms with Crippen LogP contribution in [0.15, 0.2) is 90.0 Å². The largest absolute Gasteiger partial charge is 0.333 e. The Morgan fingerprint density at radius 2 is 1.60 bits per heavy atom. The number of nitrogens with zero attached hydrogens (tertiary/aromatic N) is 3. The molecule has 0 radical (unpaired) electrons. The maximum Gasteiger partial charge on any atom is 0.261 e. The van der Waals surface area contributed by atoms with E-state index in [2.05, 4.69) is 4.98 Å². The molecule has 0 unspecified atom stereocenters. The zero-order chi connectivity index (χ0) is 21.1. The SMILES string of the molecule is CN(C(=O)Cn1cnc2ccc(Cl)cc2c1=O)C(c1ccccc1)c1ccccc1. The van der Waals surface area contributed by atoms with E-state index in [4.69, 9.17) is 11.6 Å². The molecule has 1 aromatic heterocycles. The summed E-state index contributed by atoms with van der Waals surface area (Å²) in [4.78, 5) is 32.0. The second-order valence-corrected chi connectivity index (χ2v) is 7.50. The van der Waals surface area contributed by atoms with Crippen LogP contribution in [0, 0.1) is 0 Å². The van der Waals surface area contributed by atoms with Crippen LogP contribution in [-0.2, 0) is 11.3 Å². The van der Waals surface area contributed by atoms with Gasteiger partial charge in [-0.1, -0.05) is 72.3 Å². The Bertz CT molecular complexity index is 1200. The third-order valence-electron chi connectivity index (χ3n) is 5.10. The number of halogens is 1. The summed E-state index contributed by atoms with van der Waals surface area (Å²) in [5.41, 5.74) is 2.25. The summed E-state index contributed by atoms with van der Waals surface area (Å²) in [5.74, 6) is -0.196. The van der Waals surface area contributed by atoms with Crippen LogP contribution >= 0.6 is 11.6 Å². The normalized spacial score (nSPS) is 11.0. The summed E-state index contributed by atoms with van der Waals surface area (Å²) in [6.45, 7) is -0.110. The van der Waals surface area contributed by atoms with Crippen LogP contribution < -0.4 is 5.56 Å². The van der Waals surface area contributed by atoms with Crippen LogP contribution in [0.4, 0.5) is 0 Å². The number of rotatable bonds is 5. The topological polar surface area (TPSA) is 55.2 Å². The molecule has 0 saturated carbocycles. The monoisotopic (exact) mass is 417 g/mol. The molecule has 150 valence electrons. The van der Waals surface area contributed by atoms with Crippen molar-refractivity contribution in [1.82, 2.24) is 14.5 Å². The van der Waals surface area contributed by atoms with Gasteiger partial charge in [0, 0.05) is 12.1 Å². The molecule has 5 nitrogen and oxygen atoms in total. The molecule has 0 fully saturated rings. The lowest BCUT2D eigenvalue weighted by Gasteiger charge is -2.29. The average Bonchev–Trinajstić information content (AvgIpc) is 2.77. The third-order valence-corrected chi connectivity index (χ3v) is 5.34. The molecule has 30 heavy (non-hydrogen) atoms. The van der Waals surface area contributed by atoms with Gasteiger partial charge in [-0.3, -0.25) is 14.2 Å². The van der Waals surface area contributed by atoms with Gasteiger partial charge in [-0.2, -0.15) is 0 Å². The van der Waals surface area contributed by atoms with Gasteiger partial charge in [0.1, 0.15) is 6.54 Å². The Labute approximate surface area is 179 Å². The van der Waals surface area contributed by atoms with Crippen LogP contribution in [0.5, 0.6) is 0 Å². The predicted molar refractivity (Wildman–Crippen MR) is 119 cm³/mol. The van der Waals surface area contributed by atoms with Crippen molar-refractivity contribution in [3.05, 3.63) is 112 Å². The molecule has 4 aromatic rings. The number of hydrogen-bond donors (Lipinski definition) is 0. The molecule has 0 spiro atoms. The van der Waals surface area contributed by atoms with Crippen LogP contribution in [-0.4, -0.2) is 27.4 Å². The molecule has 4 rings (SSSR count). The third kappa shape index (κ3) is 3.98. The maximum atomic E-state index is 13.2. The molecule has 1 amide bonds. The van der Waals surface area contributed by atoms with Gasteiger partial charge in [-0.05, 0) is 29.3 Å². The Kier molecular flexibility index (Phi) is 5.63. The van der Waals surface area contributed by atoms with Crippen molar-refractivity contribution in [2.24, 2.45) is 0 Å². The number of likely N-dealkylation sites (N-methyl/N-ethyl adjacent to an activating group) is 1. The molecule has 0 bridgehead atoms. The van der Waals surface area contributed by atoms with E-state index in [0.717, 1.165) is 11.1 Å². The van der Waals surface area contributed by atoms with Crippen molar-refractivity contribution in [2.75, 3.05) is 7.05 Å². The smallest absolute Gasteiger partial charge is 0.261 e. The number of carbonyl (C=O) groups is 1. The van der Waals surface area contributed by atoms with Crippen molar-refractivity contribution in [3.63, 3.8) is 0 Å². The summed E-state index contributed by atoms with van der Waals surface area (Å²) in [5, 5.41) is 0.846. The van der Waals surface area contributed by atoms with E-state index in [-0.39, 0.29) is 24.1 Å². The fourth-order valence-electron chi connectivity index (χ4n) is 3.56. The van der Waals surface area contributed by atoms with E-state index in [1.54, 1.807) is 30.1 Å². The lowest BCUT2D eigenvalue weighted by Crippen LogP contribution is -2.37. The summed E-state index contributed by atoms with van der Waals surface area (Å²) in [6, 6.07) is 24.3. The van der Waals surface area contributed by atoms with Crippen molar-refractivity contribution >= 4 is 28.4 Å². The second kappa shape index (κ2) is 8.51. The fraction of sp³-hybridized carbons (Fsp3) is 0.125. The number of aromatic nitrogens is 2. The van der Waals surface area contributed by atoms with Crippen LogP contribution in [0.2, 0.25) is 5.02 Å². The van der Waals surface area contributed by atoms with E-state index < -0.39 is 0 Å². The lowest BCUT2D eigenvalue weighted by atomic mass is 9.97. The molecular weight excluding hydrogens is 398 g/mol. The van der Waals surface area contributed by atoms with Gasteiger partial charge in [0.2, 0.25) is 5.91 Å². The first kappa shape index (κ1) is 19.9. The van der Waals surface area contributed by atoms with E-state index in [1.165, 1.54) is 10.9 Å². The van der Waals surface area contributed by atoms with Gasteiger partial charge in [0.05, 0.1) is 23.3 Å². The van der Waals surface area contributed by atoms with Crippen LogP contribution in [0.1, 0.15) is 17.2 Å². The minimum Gasteiger partial charge on any atom is -0.333 e. The second-order valence-electron chi connectivity index (χ2n) is 7.07. The minimum atomic E-state index is -0.291. The summed E-state index contributed by atoms with van der Waals surface area (Å²) >= 11 is 6.03. The minimum absolute atomic E-state index is 0.110. The molecule has 0 saturated heterocycles. The van der Waals surface area contributed by atoms with E-state index in [9.17, 15) is 9.59 Å². The number of amides is 1. The summed E-state index contributed by atoms with van der Waals surface area (Å²) < 4.78 is 1.32. The average molecular weight is 418 g/mol. The van der Waals surface area contributed by atoms with Crippen LogP contribution in [0.3, 0.4) is 0 Å². The van der Waals surface area contributed by atoms with Gasteiger partial charge in [0.25, 0.3) is 5.56 Å². The number of carbonyl (C=O) groups excluding carboxylic acids is 1. The van der Waals surface area contributed by atoms with Gasteiger partial charge >= 0.3 is 0 Å². The molecule has 0 aliphatic carbocycles. The molecule has 1 heterocycles. The molecular formula is C24H20ClN3O2. The highest BCUT2D eigenvalue weighted by Gasteiger charge is 2.24. The fourth-order valence-corrected chi connectivity index (χ4v) is 3.73. The number of fused-ring (bicyclic) bond motifs is 1. The van der Waals surface area contributed by atoms with E-state index in [1.807, 2.05) is 60.7 Å². The number of hydrogen-bond acceptors (Lipinski definition) is 3. The van der Waals surface area contributed by atoms with Gasteiger partial charge < -0.3 is 4.90 Å². The maximum absolute atomic E-state index is 13.2. The van der Waals surface area contributed by atoms with Crippen molar-refractivity contribution in [1.29, 1.82) is 0 Å². The molecule has 6 heteroatoms. The van der Waals surface area contributed by atoms with Gasteiger partial charge in [0.15, 0.2) is 0 Å². The molecule has 0 aliphatic rings. The highest BCUT2D eigenvalue weighted by atomic mass is 35.5. The van der Waals surface area contributed by atoms with Crippen molar-refractivity contribution in [2.45, 2.75) is 12.6 Å². The quantitative estimate of drug-likeness (QED) is 0.486. The standard InChI is InChI=1S/C24H20ClN3O2/c1-27(23(17-8-4-2-5-9-17)18-10-6-3-7-11-18)22(29)15-28-16-26-21-13-12-19(25)14-20(21)24(28)30/h2-14,16,23H,15H2,1H3. The molecule has 0 N–H and O–H groups in total. The van der Waals surface area contributed by atoms with Crippen LogP contribution in [0.25, 0.3) is 10.9 Å². The van der Waals surface area contributed by atoms with Gasteiger partial charge in [-0.25, -0.2) is 4.98 Å². The Morgan fingerprint density at radius 3 is 2.20 bits per heavy atom. The number of benzene rings is 3. The lowest BCUT2D eigenvalue weighted by molar-refractivity contribution is -0.132. The molecule has 3 aromatic carbocycles. The predicted octanol–water partition coefficient (Wildman–Crippen LogP) is 4.30. The molecule has 0 atom stereocenters. The summed E-state index contributed by atoms with van der Waals surface area (Å²) in [7, 11) is 1.75. The van der Waals surface area contributed by atoms with E-state index >= 15 is 0 Å². The zero-order valence-corrected chi connectivity index (χ0v) is 17.2. The first-order valence-corrected chi connectivity index (χ1v) is 9.92. The first-order valence-electron chi connectivity index (χ1n) is 9.55.